The van der Waals surface area contributed by atoms with E-state index in [0.29, 0.717) is 12.1 Å². The molecular weight excluding hydrogens is 198 g/mol. The second-order valence-corrected chi connectivity index (χ2v) is 4.70. The number of fused-ring (bicyclic) bond motifs is 1. The normalized spacial score (nSPS) is 23.8. The third kappa shape index (κ3) is 1.94. The van der Waals surface area contributed by atoms with Gasteiger partial charge in [-0.25, -0.2) is 0 Å². The molecule has 0 saturated carbocycles. The van der Waals surface area contributed by atoms with Crippen LogP contribution >= 0.6 is 0 Å². The van der Waals surface area contributed by atoms with Gasteiger partial charge in [-0.2, -0.15) is 0 Å². The van der Waals surface area contributed by atoms with Crippen molar-refractivity contribution in [2.45, 2.75) is 46.3 Å². The summed E-state index contributed by atoms with van der Waals surface area (Å²) in [6.07, 6.45) is 1.36. The first-order valence-corrected chi connectivity index (χ1v) is 6.13. The molecule has 0 saturated heterocycles. The summed E-state index contributed by atoms with van der Waals surface area (Å²) >= 11 is 0. The molecule has 0 aromatic heterocycles. The van der Waals surface area contributed by atoms with E-state index >= 15 is 0 Å². The van der Waals surface area contributed by atoms with Crippen LogP contribution in [0.4, 0.5) is 0 Å². The smallest absolute Gasteiger partial charge is 0.127 e. The Hall–Kier alpha value is -1.02. The molecular formula is C14H21NO. The van der Waals surface area contributed by atoms with Gasteiger partial charge in [0.1, 0.15) is 5.75 Å². The molecule has 0 fully saturated rings. The van der Waals surface area contributed by atoms with Crippen LogP contribution in [-0.4, -0.2) is 12.6 Å². The predicted molar refractivity (Wildman–Crippen MR) is 67.0 cm³/mol. The van der Waals surface area contributed by atoms with Crippen LogP contribution in [-0.2, 0) is 0 Å². The third-order valence-electron chi connectivity index (χ3n) is 3.42. The average Bonchev–Trinajstić information content (AvgIpc) is 2.24. The van der Waals surface area contributed by atoms with Crippen molar-refractivity contribution in [1.29, 1.82) is 0 Å². The number of nitrogens with one attached hydrogen (secondary N) is 1. The molecule has 1 aliphatic rings. The van der Waals surface area contributed by atoms with Gasteiger partial charge in [-0.3, -0.25) is 0 Å². The van der Waals surface area contributed by atoms with Crippen LogP contribution in [0.3, 0.4) is 0 Å². The van der Waals surface area contributed by atoms with Crippen LogP contribution in [0.25, 0.3) is 0 Å². The second-order valence-electron chi connectivity index (χ2n) is 4.70. The van der Waals surface area contributed by atoms with Crippen molar-refractivity contribution in [3.8, 4) is 5.75 Å². The maximum atomic E-state index is 5.98. The first-order chi connectivity index (χ1) is 7.63. The van der Waals surface area contributed by atoms with Gasteiger partial charge < -0.3 is 10.1 Å². The lowest BCUT2D eigenvalue weighted by Gasteiger charge is -2.32. The number of aryl methyl sites for hydroxylation is 1. The van der Waals surface area contributed by atoms with E-state index in [2.05, 4.69) is 45.1 Å². The molecule has 0 bridgehead atoms. The molecule has 88 valence electrons. The van der Waals surface area contributed by atoms with Gasteiger partial charge in [-0.1, -0.05) is 19.1 Å². The van der Waals surface area contributed by atoms with E-state index in [1.807, 2.05) is 0 Å². The molecule has 16 heavy (non-hydrogen) atoms. The molecule has 0 spiro atoms. The zero-order valence-electron chi connectivity index (χ0n) is 10.6. The molecule has 0 radical (unpaired) electrons. The molecule has 1 N–H and O–H groups in total. The molecule has 1 aliphatic heterocycles. The van der Waals surface area contributed by atoms with Crippen molar-refractivity contribution in [2.75, 3.05) is 6.54 Å². The van der Waals surface area contributed by atoms with Gasteiger partial charge in [0, 0.05) is 18.0 Å². The molecule has 2 nitrogen and oxygen atoms in total. The third-order valence-corrected chi connectivity index (χ3v) is 3.42. The summed E-state index contributed by atoms with van der Waals surface area (Å²) < 4.78 is 5.98. The molecule has 1 heterocycles. The van der Waals surface area contributed by atoms with Gasteiger partial charge in [0.25, 0.3) is 0 Å². The molecule has 2 unspecified atom stereocenters. The lowest BCUT2D eigenvalue weighted by Crippen LogP contribution is -2.31. The van der Waals surface area contributed by atoms with Crippen LogP contribution < -0.4 is 10.1 Å². The van der Waals surface area contributed by atoms with Gasteiger partial charge >= 0.3 is 0 Å². The molecule has 0 aliphatic carbocycles. The van der Waals surface area contributed by atoms with Gasteiger partial charge in [0.2, 0.25) is 0 Å². The van der Waals surface area contributed by atoms with E-state index in [1.165, 1.54) is 16.7 Å². The largest absolute Gasteiger partial charge is 0.490 e. The standard InChI is InChI=1S/C14H21NO/c1-5-15-13-8-10(3)16-14-11(4)9(2)6-7-12(13)14/h6-7,10,13,15H,5,8H2,1-4H3. The van der Waals surface area contributed by atoms with Crippen LogP contribution in [0.1, 0.15) is 43.0 Å². The molecule has 2 atom stereocenters. The van der Waals surface area contributed by atoms with Crippen molar-refractivity contribution < 1.29 is 4.74 Å². The minimum absolute atomic E-state index is 0.303. The number of ether oxygens (including phenoxy) is 1. The minimum Gasteiger partial charge on any atom is -0.490 e. The van der Waals surface area contributed by atoms with Crippen LogP contribution in [0.5, 0.6) is 5.75 Å². The predicted octanol–water partition coefficient (Wildman–Crippen LogP) is 3.13. The van der Waals surface area contributed by atoms with Gasteiger partial charge in [-0.05, 0) is 38.4 Å². The summed E-state index contributed by atoms with van der Waals surface area (Å²) in [6.45, 7) is 9.59. The Labute approximate surface area is 98.0 Å². The monoisotopic (exact) mass is 219 g/mol. The van der Waals surface area contributed by atoms with Crippen LogP contribution in [0.15, 0.2) is 12.1 Å². The number of hydrogen-bond acceptors (Lipinski definition) is 2. The summed E-state index contributed by atoms with van der Waals surface area (Å²) in [6, 6.07) is 4.84. The maximum absolute atomic E-state index is 5.98. The zero-order valence-corrected chi connectivity index (χ0v) is 10.6. The van der Waals surface area contributed by atoms with Gasteiger partial charge in [0.05, 0.1) is 6.10 Å². The second kappa shape index (κ2) is 4.46. The van der Waals surface area contributed by atoms with E-state index in [4.69, 9.17) is 4.74 Å². The quantitative estimate of drug-likeness (QED) is 0.825. The Morgan fingerprint density at radius 3 is 2.81 bits per heavy atom. The highest BCUT2D eigenvalue weighted by Gasteiger charge is 2.26. The fourth-order valence-electron chi connectivity index (χ4n) is 2.39. The number of rotatable bonds is 2. The molecule has 1 aromatic rings. The van der Waals surface area contributed by atoms with E-state index in [9.17, 15) is 0 Å². The molecule has 2 rings (SSSR count). The molecule has 0 amide bonds. The summed E-state index contributed by atoms with van der Waals surface area (Å²) in [5.74, 6) is 1.10. The Bertz CT molecular complexity index is 387. The molecule has 1 aromatic carbocycles. The van der Waals surface area contributed by atoms with E-state index < -0.39 is 0 Å². The number of benzene rings is 1. The van der Waals surface area contributed by atoms with E-state index in [1.54, 1.807) is 0 Å². The van der Waals surface area contributed by atoms with E-state index in [0.717, 1.165) is 18.7 Å². The van der Waals surface area contributed by atoms with Crippen LogP contribution in [0, 0.1) is 13.8 Å². The average molecular weight is 219 g/mol. The zero-order chi connectivity index (χ0) is 11.7. The SMILES string of the molecule is CCNC1CC(C)Oc2c1ccc(C)c2C. The van der Waals surface area contributed by atoms with Crippen molar-refractivity contribution in [3.63, 3.8) is 0 Å². The summed E-state index contributed by atoms with van der Waals surface area (Å²) in [5, 5.41) is 3.54. The van der Waals surface area contributed by atoms with Gasteiger partial charge in [-0.15, -0.1) is 0 Å². The van der Waals surface area contributed by atoms with Crippen molar-refractivity contribution in [3.05, 3.63) is 28.8 Å². The highest BCUT2D eigenvalue weighted by molar-refractivity contribution is 5.48. The Kier molecular flexibility index (Phi) is 3.20. The van der Waals surface area contributed by atoms with Gasteiger partial charge in [0.15, 0.2) is 0 Å². The minimum atomic E-state index is 0.303. The first-order valence-electron chi connectivity index (χ1n) is 6.13. The highest BCUT2D eigenvalue weighted by atomic mass is 16.5. The maximum Gasteiger partial charge on any atom is 0.127 e. The Balaban J connectivity index is 2.43. The summed E-state index contributed by atoms with van der Waals surface area (Å²) in [4.78, 5) is 0. The topological polar surface area (TPSA) is 21.3 Å². The lowest BCUT2D eigenvalue weighted by molar-refractivity contribution is 0.165. The highest BCUT2D eigenvalue weighted by Crippen LogP contribution is 2.38. The lowest BCUT2D eigenvalue weighted by atomic mass is 9.93. The van der Waals surface area contributed by atoms with Crippen molar-refractivity contribution in [2.24, 2.45) is 0 Å². The Morgan fingerprint density at radius 2 is 2.12 bits per heavy atom. The fourth-order valence-corrected chi connectivity index (χ4v) is 2.39. The molecule has 2 heteroatoms. The van der Waals surface area contributed by atoms with Crippen molar-refractivity contribution >= 4 is 0 Å². The van der Waals surface area contributed by atoms with Crippen molar-refractivity contribution in [1.82, 2.24) is 5.32 Å². The first kappa shape index (κ1) is 11.5. The Morgan fingerprint density at radius 1 is 1.38 bits per heavy atom. The van der Waals surface area contributed by atoms with E-state index in [-0.39, 0.29) is 0 Å². The summed E-state index contributed by atoms with van der Waals surface area (Å²) in [5.41, 5.74) is 3.91. The fraction of sp³-hybridized carbons (Fsp3) is 0.571. The summed E-state index contributed by atoms with van der Waals surface area (Å²) in [7, 11) is 0. The number of hydrogen-bond donors (Lipinski definition) is 1. The van der Waals surface area contributed by atoms with Crippen LogP contribution in [0.2, 0.25) is 0 Å².